The van der Waals surface area contributed by atoms with Crippen molar-refractivity contribution in [1.29, 1.82) is 0 Å². The molecule has 4 N–H and O–H groups in total. The summed E-state index contributed by atoms with van der Waals surface area (Å²) in [5.41, 5.74) is 2.86. The summed E-state index contributed by atoms with van der Waals surface area (Å²) in [6, 6.07) is 3.38. The normalized spacial score (nSPS) is 11.3. The Morgan fingerprint density at radius 2 is 2.10 bits per heavy atom. The molecule has 0 aromatic carbocycles. The van der Waals surface area contributed by atoms with Crippen molar-refractivity contribution in [1.82, 2.24) is 9.88 Å². The number of carbonyl (C=O) groups excluding carboxylic acids is 1. The molecule has 0 fully saturated rings. The van der Waals surface area contributed by atoms with Crippen LogP contribution in [-0.4, -0.2) is 39.6 Å². The second-order valence-electron chi connectivity index (χ2n) is 5.36. The van der Waals surface area contributed by atoms with E-state index in [-0.39, 0.29) is 12.5 Å². The first kappa shape index (κ1) is 16.4. The lowest BCUT2D eigenvalue weighted by Crippen LogP contribution is -2.42. The van der Waals surface area contributed by atoms with Gasteiger partial charge in [-0.05, 0) is 39.3 Å². The van der Waals surface area contributed by atoms with Gasteiger partial charge in [-0.3, -0.25) is 4.79 Å². The number of amides is 1. The second kappa shape index (κ2) is 6.67. The van der Waals surface area contributed by atoms with Crippen LogP contribution < -0.4 is 11.3 Å². The highest BCUT2D eigenvalue weighted by atomic mass is 16.3. The first-order valence-electron chi connectivity index (χ1n) is 6.80. The number of aliphatic hydroxyl groups is 1. The van der Waals surface area contributed by atoms with Crippen LogP contribution in [0.5, 0.6) is 0 Å². The van der Waals surface area contributed by atoms with Crippen molar-refractivity contribution in [3.63, 3.8) is 0 Å². The summed E-state index contributed by atoms with van der Waals surface area (Å²) < 4.78 is 0. The molecule has 0 saturated carbocycles. The summed E-state index contributed by atoms with van der Waals surface area (Å²) >= 11 is 0. The molecular weight excluding hydrogens is 256 g/mol. The van der Waals surface area contributed by atoms with Gasteiger partial charge in [-0.2, -0.15) is 0 Å². The number of hydrazine groups is 1. The number of aromatic nitrogens is 1. The van der Waals surface area contributed by atoms with Crippen LogP contribution in [0.4, 0.5) is 5.82 Å². The van der Waals surface area contributed by atoms with Crippen molar-refractivity contribution >= 4 is 11.7 Å². The number of nitrogens with two attached hydrogens (primary N) is 1. The zero-order chi connectivity index (χ0) is 15.3. The third-order valence-electron chi connectivity index (χ3n) is 2.88. The van der Waals surface area contributed by atoms with Crippen LogP contribution >= 0.6 is 0 Å². The molecule has 0 saturated heterocycles. The van der Waals surface area contributed by atoms with Crippen molar-refractivity contribution in [2.75, 3.05) is 18.5 Å². The summed E-state index contributed by atoms with van der Waals surface area (Å²) in [5.74, 6) is 5.70. The fourth-order valence-corrected chi connectivity index (χ4v) is 1.94. The van der Waals surface area contributed by atoms with E-state index in [1.165, 1.54) is 0 Å². The predicted molar refractivity (Wildman–Crippen MR) is 79.3 cm³/mol. The molecule has 0 spiro atoms. The molecule has 1 aromatic heterocycles. The molecule has 1 amide bonds. The molecule has 1 aromatic rings. The van der Waals surface area contributed by atoms with Gasteiger partial charge in [-0.1, -0.05) is 6.92 Å². The monoisotopic (exact) mass is 280 g/mol. The van der Waals surface area contributed by atoms with Gasteiger partial charge in [0, 0.05) is 24.3 Å². The van der Waals surface area contributed by atoms with E-state index >= 15 is 0 Å². The Balaban J connectivity index is 3.05. The fourth-order valence-electron chi connectivity index (χ4n) is 1.94. The van der Waals surface area contributed by atoms with Crippen LogP contribution in [0.3, 0.4) is 0 Å². The number of hydrogen-bond donors (Lipinski definition) is 3. The Hall–Kier alpha value is -1.66. The molecule has 0 aliphatic rings. The first-order valence-corrected chi connectivity index (χ1v) is 6.80. The van der Waals surface area contributed by atoms with Gasteiger partial charge in [0.2, 0.25) is 0 Å². The average molecular weight is 280 g/mol. The lowest BCUT2D eigenvalue weighted by molar-refractivity contribution is 0.0314. The molecule has 1 heterocycles. The highest BCUT2D eigenvalue weighted by Gasteiger charge is 2.22. The van der Waals surface area contributed by atoms with E-state index in [1.54, 1.807) is 30.9 Å². The third-order valence-corrected chi connectivity index (χ3v) is 2.88. The highest BCUT2D eigenvalue weighted by Crippen LogP contribution is 2.15. The van der Waals surface area contributed by atoms with Gasteiger partial charge in [0.15, 0.2) is 0 Å². The van der Waals surface area contributed by atoms with Crippen molar-refractivity contribution in [2.45, 2.75) is 39.7 Å². The lowest BCUT2D eigenvalue weighted by Gasteiger charge is -2.28. The minimum Gasteiger partial charge on any atom is -0.389 e. The smallest absolute Gasteiger partial charge is 0.254 e. The predicted octanol–water partition coefficient (Wildman–Crippen LogP) is 1.16. The molecule has 1 rings (SSSR count). The Kier molecular flexibility index (Phi) is 5.47. The van der Waals surface area contributed by atoms with Crippen LogP contribution in [0.25, 0.3) is 0 Å². The minimum atomic E-state index is -0.929. The van der Waals surface area contributed by atoms with Crippen molar-refractivity contribution in [2.24, 2.45) is 5.84 Å². The summed E-state index contributed by atoms with van der Waals surface area (Å²) in [7, 11) is 0. The molecule has 0 atom stereocenters. The molecule has 6 heteroatoms. The summed E-state index contributed by atoms with van der Waals surface area (Å²) in [6.45, 7) is 8.01. The third kappa shape index (κ3) is 4.47. The number of rotatable bonds is 6. The van der Waals surface area contributed by atoms with Crippen LogP contribution in [0.2, 0.25) is 0 Å². The molecular formula is C14H24N4O2. The molecule has 0 aliphatic heterocycles. The van der Waals surface area contributed by atoms with Gasteiger partial charge in [0.05, 0.1) is 5.60 Å². The molecule has 0 unspecified atom stereocenters. The number of aryl methyl sites for hydroxylation is 1. The molecule has 6 nitrogen and oxygen atoms in total. The fraction of sp³-hybridized carbons (Fsp3) is 0.571. The standard InChI is InChI=1S/C14H24N4O2/c1-5-11-7-10(8-12(16-11)17-15)13(19)18(6-2)9-14(3,4)20/h7-8,20H,5-6,9,15H2,1-4H3,(H,16,17). The van der Waals surface area contributed by atoms with Crippen LogP contribution in [-0.2, 0) is 6.42 Å². The van der Waals surface area contributed by atoms with E-state index in [0.29, 0.717) is 24.3 Å². The van der Waals surface area contributed by atoms with Gasteiger partial charge in [-0.15, -0.1) is 0 Å². The summed E-state index contributed by atoms with van der Waals surface area (Å²) in [4.78, 5) is 18.4. The second-order valence-corrected chi connectivity index (χ2v) is 5.36. The number of hydrogen-bond acceptors (Lipinski definition) is 5. The van der Waals surface area contributed by atoms with Gasteiger partial charge >= 0.3 is 0 Å². The SMILES string of the molecule is CCc1cc(C(=O)N(CC)CC(C)(C)O)cc(NN)n1. The van der Waals surface area contributed by atoms with E-state index < -0.39 is 5.60 Å². The van der Waals surface area contributed by atoms with Gasteiger partial charge in [-0.25, -0.2) is 10.8 Å². The largest absolute Gasteiger partial charge is 0.389 e. The first-order chi connectivity index (χ1) is 9.30. The molecule has 0 bridgehead atoms. The average Bonchev–Trinajstić information content (AvgIpc) is 2.42. The van der Waals surface area contributed by atoms with E-state index in [2.05, 4.69) is 10.4 Å². The summed E-state index contributed by atoms with van der Waals surface area (Å²) in [6.07, 6.45) is 0.716. The minimum absolute atomic E-state index is 0.136. The number of nitrogens with one attached hydrogen (secondary N) is 1. The molecule has 112 valence electrons. The Labute approximate surface area is 120 Å². The number of nitrogen functional groups attached to an aromatic ring is 1. The van der Waals surface area contributed by atoms with E-state index in [0.717, 1.165) is 5.69 Å². The van der Waals surface area contributed by atoms with Crippen LogP contribution in [0, 0.1) is 0 Å². The quantitative estimate of drug-likeness (QED) is 0.537. The Morgan fingerprint density at radius 1 is 1.45 bits per heavy atom. The Bertz CT molecular complexity index is 446. The number of pyridine rings is 1. The number of carbonyl (C=O) groups is 1. The maximum absolute atomic E-state index is 12.5. The highest BCUT2D eigenvalue weighted by molar-refractivity contribution is 5.95. The van der Waals surface area contributed by atoms with E-state index in [9.17, 15) is 9.90 Å². The van der Waals surface area contributed by atoms with E-state index in [4.69, 9.17) is 5.84 Å². The van der Waals surface area contributed by atoms with Crippen molar-refractivity contribution < 1.29 is 9.90 Å². The molecule has 20 heavy (non-hydrogen) atoms. The maximum atomic E-state index is 12.5. The van der Waals surface area contributed by atoms with E-state index in [1.807, 2.05) is 13.8 Å². The lowest BCUT2D eigenvalue weighted by atomic mass is 10.1. The maximum Gasteiger partial charge on any atom is 0.254 e. The van der Waals surface area contributed by atoms with Crippen molar-refractivity contribution in [3.05, 3.63) is 23.4 Å². The molecule has 0 aliphatic carbocycles. The number of nitrogens with zero attached hydrogens (tertiary/aromatic N) is 2. The zero-order valence-corrected chi connectivity index (χ0v) is 12.6. The van der Waals surface area contributed by atoms with Gasteiger partial charge in [0.25, 0.3) is 5.91 Å². The van der Waals surface area contributed by atoms with Crippen LogP contribution in [0.1, 0.15) is 43.7 Å². The number of anilines is 1. The van der Waals surface area contributed by atoms with Gasteiger partial charge in [0.1, 0.15) is 5.82 Å². The molecule has 0 radical (unpaired) electrons. The Morgan fingerprint density at radius 3 is 2.55 bits per heavy atom. The van der Waals surface area contributed by atoms with Gasteiger partial charge < -0.3 is 15.4 Å². The topological polar surface area (TPSA) is 91.5 Å². The summed E-state index contributed by atoms with van der Waals surface area (Å²) in [5, 5.41) is 9.88. The van der Waals surface area contributed by atoms with Crippen molar-refractivity contribution in [3.8, 4) is 0 Å². The van der Waals surface area contributed by atoms with Crippen LogP contribution in [0.15, 0.2) is 12.1 Å². The number of likely N-dealkylation sites (N-methyl/N-ethyl adjacent to an activating group) is 1. The zero-order valence-electron chi connectivity index (χ0n) is 12.6.